The number of benzene rings is 4. The molecule has 50 heavy (non-hydrogen) atoms. The third-order valence-corrected chi connectivity index (χ3v) is 9.84. The molecule has 9 nitrogen and oxygen atoms in total. The van der Waals surface area contributed by atoms with Gasteiger partial charge in [0.05, 0.1) is 40.1 Å². The molecule has 6 rings (SSSR count). The molecule has 260 valence electrons. The lowest BCUT2D eigenvalue weighted by atomic mass is 9.66. The van der Waals surface area contributed by atoms with Gasteiger partial charge in [-0.15, -0.1) is 0 Å². The molecular formula is C41H44N2O7. The van der Waals surface area contributed by atoms with Crippen molar-refractivity contribution in [3.05, 3.63) is 126 Å². The summed E-state index contributed by atoms with van der Waals surface area (Å²) in [6.45, 7) is 3.05. The number of hydrogen-bond donors (Lipinski definition) is 1. The number of nitrogens with zero attached hydrogens (tertiary/aromatic N) is 1. The minimum absolute atomic E-state index is 0.0784. The van der Waals surface area contributed by atoms with Crippen molar-refractivity contribution in [2.75, 3.05) is 27.4 Å². The van der Waals surface area contributed by atoms with Gasteiger partial charge < -0.3 is 29.2 Å². The Morgan fingerprint density at radius 2 is 1.64 bits per heavy atom. The smallest absolute Gasteiger partial charge is 0.320 e. The zero-order chi connectivity index (χ0) is 35.1. The van der Waals surface area contributed by atoms with E-state index in [1.54, 1.807) is 12.0 Å². The maximum atomic E-state index is 14.6. The molecule has 2 aliphatic rings. The van der Waals surface area contributed by atoms with Gasteiger partial charge in [-0.25, -0.2) is 0 Å². The molecule has 4 aromatic rings. The van der Waals surface area contributed by atoms with E-state index in [1.807, 2.05) is 110 Å². The summed E-state index contributed by atoms with van der Waals surface area (Å²) in [5.41, 5.74) is 2.14. The number of esters is 1. The van der Waals surface area contributed by atoms with Crippen molar-refractivity contribution < 1.29 is 33.3 Å². The van der Waals surface area contributed by atoms with E-state index >= 15 is 0 Å². The van der Waals surface area contributed by atoms with E-state index in [0.717, 1.165) is 33.2 Å². The lowest BCUT2D eigenvalue weighted by Crippen LogP contribution is -2.60. The molecule has 1 fully saturated rings. The molecule has 4 aromatic carbocycles. The van der Waals surface area contributed by atoms with Crippen LogP contribution in [0, 0.1) is 11.3 Å². The lowest BCUT2D eigenvalue weighted by Gasteiger charge is -2.51. The molecule has 0 radical (unpaired) electrons. The van der Waals surface area contributed by atoms with Gasteiger partial charge >= 0.3 is 5.97 Å². The Kier molecular flexibility index (Phi) is 10.9. The fourth-order valence-corrected chi connectivity index (χ4v) is 7.32. The fourth-order valence-electron chi connectivity index (χ4n) is 7.32. The number of carbonyl (C=O) groups is 3. The van der Waals surface area contributed by atoms with Gasteiger partial charge in [0.25, 0.3) is 0 Å². The predicted molar refractivity (Wildman–Crippen MR) is 190 cm³/mol. The number of likely N-dealkylation sites (tertiary alicyclic amines) is 1. The van der Waals surface area contributed by atoms with E-state index in [4.69, 9.17) is 18.9 Å². The minimum atomic E-state index is -1.31. The zero-order valence-electron chi connectivity index (χ0n) is 28.8. The third-order valence-electron chi connectivity index (χ3n) is 9.84. The van der Waals surface area contributed by atoms with Crippen LogP contribution in [-0.2, 0) is 48.2 Å². The quantitative estimate of drug-likeness (QED) is 0.174. The first-order valence-electron chi connectivity index (χ1n) is 17.1. The highest BCUT2D eigenvalue weighted by Crippen LogP contribution is 2.51. The fraction of sp³-hybridized carbons (Fsp3) is 0.341. The van der Waals surface area contributed by atoms with Gasteiger partial charge in [-0.3, -0.25) is 14.4 Å². The first-order valence-corrected chi connectivity index (χ1v) is 17.1. The van der Waals surface area contributed by atoms with Gasteiger partial charge in [-0.05, 0) is 59.4 Å². The summed E-state index contributed by atoms with van der Waals surface area (Å²) in [6, 6.07) is 31.5. The molecule has 1 saturated heterocycles. The topological polar surface area (TPSA) is 103 Å². The monoisotopic (exact) mass is 676 g/mol. The normalized spacial score (nSPS) is 21.7. The zero-order valence-corrected chi connectivity index (χ0v) is 28.8. The number of rotatable bonds is 13. The Labute approximate surface area is 293 Å². The van der Waals surface area contributed by atoms with Gasteiger partial charge in [-0.1, -0.05) is 91.0 Å². The summed E-state index contributed by atoms with van der Waals surface area (Å²) in [5.74, 6) is -1.03. The average molecular weight is 677 g/mol. The van der Waals surface area contributed by atoms with E-state index in [0.29, 0.717) is 25.3 Å². The first-order chi connectivity index (χ1) is 24.3. The van der Waals surface area contributed by atoms with Crippen LogP contribution in [0.2, 0.25) is 0 Å². The molecule has 0 unspecified atom stereocenters. The molecule has 0 saturated carbocycles. The van der Waals surface area contributed by atoms with Crippen molar-refractivity contribution in [1.29, 1.82) is 0 Å². The second kappa shape index (κ2) is 15.7. The summed E-state index contributed by atoms with van der Waals surface area (Å²) in [4.78, 5) is 43.6. The van der Waals surface area contributed by atoms with E-state index in [-0.39, 0.29) is 37.8 Å². The molecular weight excluding hydrogens is 632 g/mol. The van der Waals surface area contributed by atoms with Crippen LogP contribution in [-0.4, -0.2) is 62.3 Å². The van der Waals surface area contributed by atoms with Gasteiger partial charge in [-0.2, -0.15) is 0 Å². The molecule has 0 spiro atoms. The Bertz CT molecular complexity index is 1850. The number of fused-ring (bicyclic) bond motifs is 2. The number of ether oxygens (including phenoxy) is 4. The summed E-state index contributed by atoms with van der Waals surface area (Å²) < 4.78 is 23.4. The number of amides is 2. The second-order valence-electron chi connectivity index (χ2n) is 12.9. The van der Waals surface area contributed by atoms with E-state index in [2.05, 4.69) is 5.32 Å². The number of methoxy groups -OCH3 is 2. The highest BCUT2D eigenvalue weighted by atomic mass is 16.6. The van der Waals surface area contributed by atoms with Crippen LogP contribution in [0.3, 0.4) is 0 Å². The van der Waals surface area contributed by atoms with Crippen LogP contribution < -0.4 is 10.1 Å². The Morgan fingerprint density at radius 3 is 2.44 bits per heavy atom. The van der Waals surface area contributed by atoms with Gasteiger partial charge in [0.2, 0.25) is 11.8 Å². The van der Waals surface area contributed by atoms with Crippen molar-refractivity contribution in [2.24, 2.45) is 11.3 Å². The van der Waals surface area contributed by atoms with Crippen LogP contribution in [0.25, 0.3) is 10.8 Å². The van der Waals surface area contributed by atoms with Crippen molar-refractivity contribution >= 4 is 28.6 Å². The number of para-hydroxylation sites is 1. The predicted octanol–water partition coefficient (Wildman–Crippen LogP) is 5.99. The maximum Gasteiger partial charge on any atom is 0.320 e. The average Bonchev–Trinajstić information content (AvgIpc) is 3.14. The van der Waals surface area contributed by atoms with Gasteiger partial charge in [0, 0.05) is 24.6 Å². The van der Waals surface area contributed by atoms with E-state index in [9.17, 15) is 14.4 Å². The number of piperidine rings is 1. The van der Waals surface area contributed by atoms with Crippen molar-refractivity contribution in [3.8, 4) is 5.75 Å². The standard InChI is InChI=1S/C41H44N2O7/c1-28-41(40(46)48-3)24-33(22-38(44)42-21-20-31-15-8-10-19-36(31)47-2)39(45)43(25-32-17-11-16-30-14-7-9-18-35(30)32)37(41)23-34(50-28)27-49-26-29-12-5-4-6-13-29/h4-19,23,28,33-34H,20-22,24-27H2,1-3H3,(H,42,44)/t28-,33+,34-,41+/m1/s1. The van der Waals surface area contributed by atoms with Crippen molar-refractivity contribution in [2.45, 2.75) is 51.5 Å². The maximum absolute atomic E-state index is 14.6. The molecule has 0 bridgehead atoms. The van der Waals surface area contributed by atoms with Gasteiger partial charge in [0.1, 0.15) is 17.3 Å². The Morgan fingerprint density at radius 1 is 0.920 bits per heavy atom. The first kappa shape index (κ1) is 34.9. The van der Waals surface area contributed by atoms with E-state index in [1.165, 1.54) is 7.11 Å². The van der Waals surface area contributed by atoms with Crippen LogP contribution in [0.1, 0.15) is 36.5 Å². The summed E-state index contributed by atoms with van der Waals surface area (Å²) in [5, 5.41) is 5.03. The number of nitrogens with one attached hydrogen (secondary N) is 1. The van der Waals surface area contributed by atoms with Crippen LogP contribution in [0.15, 0.2) is 109 Å². The molecule has 1 N–H and O–H groups in total. The minimum Gasteiger partial charge on any atom is -0.496 e. The molecule has 9 heteroatoms. The molecule has 0 aliphatic carbocycles. The molecule has 2 heterocycles. The molecule has 0 aromatic heterocycles. The highest BCUT2D eigenvalue weighted by Gasteiger charge is 2.59. The number of hydrogen-bond acceptors (Lipinski definition) is 7. The molecule has 2 aliphatic heterocycles. The van der Waals surface area contributed by atoms with Gasteiger partial charge in [0.15, 0.2) is 0 Å². The molecule has 4 atom stereocenters. The van der Waals surface area contributed by atoms with Crippen LogP contribution in [0.4, 0.5) is 0 Å². The molecule has 2 amide bonds. The second-order valence-corrected chi connectivity index (χ2v) is 12.9. The summed E-state index contributed by atoms with van der Waals surface area (Å²) in [7, 11) is 2.97. The van der Waals surface area contributed by atoms with Crippen LogP contribution >= 0.6 is 0 Å². The number of carbonyl (C=O) groups excluding carboxylic acids is 3. The Hall–Kier alpha value is -4.99. The van der Waals surface area contributed by atoms with Crippen molar-refractivity contribution in [3.63, 3.8) is 0 Å². The van der Waals surface area contributed by atoms with Crippen LogP contribution in [0.5, 0.6) is 5.75 Å². The van der Waals surface area contributed by atoms with Crippen molar-refractivity contribution in [1.82, 2.24) is 10.2 Å². The van der Waals surface area contributed by atoms with E-state index < -0.39 is 29.5 Å². The largest absolute Gasteiger partial charge is 0.496 e. The highest BCUT2D eigenvalue weighted by molar-refractivity contribution is 5.93. The lowest BCUT2D eigenvalue weighted by molar-refractivity contribution is -0.178. The third kappa shape index (κ3) is 7.29. The SMILES string of the molecule is COC(=O)[C@]12C[C@H](CC(=O)NCCc3ccccc3OC)C(=O)N(Cc3cccc4ccccc34)C1=C[C@H](COCc1ccccc1)O[C@@H]2C. The Balaban J connectivity index is 1.29. The summed E-state index contributed by atoms with van der Waals surface area (Å²) in [6.07, 6.45) is 1.22. The summed E-state index contributed by atoms with van der Waals surface area (Å²) >= 11 is 0.